The van der Waals surface area contributed by atoms with E-state index >= 15 is 0 Å². The van der Waals surface area contributed by atoms with Gasteiger partial charge in [-0.1, -0.05) is 11.6 Å². The molecule has 0 unspecified atom stereocenters. The van der Waals surface area contributed by atoms with Crippen molar-refractivity contribution in [1.82, 2.24) is 9.97 Å². The van der Waals surface area contributed by atoms with E-state index in [0.717, 1.165) is 0 Å². The number of carbonyl (C=O) groups is 1. The van der Waals surface area contributed by atoms with Gasteiger partial charge in [0.1, 0.15) is 9.76 Å². The van der Waals surface area contributed by atoms with E-state index in [9.17, 15) is 4.79 Å². The molecule has 1 amide bonds. The molecule has 0 saturated carbocycles. The lowest BCUT2D eigenvalue weighted by Crippen LogP contribution is -2.14. The van der Waals surface area contributed by atoms with Crippen molar-refractivity contribution >= 4 is 44.8 Å². The molecule has 0 saturated heterocycles. The summed E-state index contributed by atoms with van der Waals surface area (Å²) in [6.45, 7) is 1.79. The molecule has 0 aliphatic rings. The molecule has 0 spiro atoms. The zero-order valence-corrected chi connectivity index (χ0v) is 12.3. The molecular formula is C12H10BrClN4O. The van der Waals surface area contributed by atoms with Crippen LogP contribution in [0.15, 0.2) is 29.0 Å². The minimum atomic E-state index is -0.378. The lowest BCUT2D eigenvalue weighted by Gasteiger charge is -2.09. The standard InChI is InChI=1S/C12H10BrClN4O/c1-6-9(2-3-10(13)17-6)18-12(19)8-4-7(15)5-16-11(8)14/h2-5H,15H2,1H3,(H,18,19). The van der Waals surface area contributed by atoms with Crippen LogP contribution in [-0.2, 0) is 0 Å². The van der Waals surface area contributed by atoms with Crippen LogP contribution >= 0.6 is 27.5 Å². The predicted octanol–water partition coefficient (Wildman–Crippen LogP) is 3.04. The second-order valence-electron chi connectivity index (χ2n) is 3.83. The number of rotatable bonds is 2. The summed E-state index contributed by atoms with van der Waals surface area (Å²) in [7, 11) is 0. The fourth-order valence-electron chi connectivity index (χ4n) is 1.48. The average Bonchev–Trinajstić information content (AvgIpc) is 2.35. The smallest absolute Gasteiger partial charge is 0.258 e. The number of anilines is 2. The maximum absolute atomic E-state index is 12.1. The molecule has 98 valence electrons. The molecule has 0 aromatic carbocycles. The van der Waals surface area contributed by atoms with Crippen LogP contribution in [0.25, 0.3) is 0 Å². The van der Waals surface area contributed by atoms with Crippen molar-refractivity contribution in [2.24, 2.45) is 0 Å². The highest BCUT2D eigenvalue weighted by molar-refractivity contribution is 9.10. The molecule has 0 bridgehead atoms. The molecule has 0 radical (unpaired) electrons. The van der Waals surface area contributed by atoms with Crippen molar-refractivity contribution in [3.8, 4) is 0 Å². The second-order valence-corrected chi connectivity index (χ2v) is 5.00. The van der Waals surface area contributed by atoms with E-state index in [1.165, 1.54) is 12.3 Å². The largest absolute Gasteiger partial charge is 0.397 e. The third-order valence-corrected chi connectivity index (χ3v) is 3.15. The Labute approximate surface area is 123 Å². The van der Waals surface area contributed by atoms with Crippen molar-refractivity contribution in [3.05, 3.63) is 45.4 Å². The number of nitrogens with zero attached hydrogens (tertiary/aromatic N) is 2. The number of carbonyl (C=O) groups excluding carboxylic acids is 1. The molecule has 0 fully saturated rings. The van der Waals surface area contributed by atoms with Crippen molar-refractivity contribution < 1.29 is 4.79 Å². The van der Waals surface area contributed by atoms with Gasteiger partial charge in [-0.05, 0) is 41.1 Å². The van der Waals surface area contributed by atoms with Gasteiger partial charge >= 0.3 is 0 Å². The lowest BCUT2D eigenvalue weighted by atomic mass is 10.2. The van der Waals surface area contributed by atoms with E-state index in [-0.39, 0.29) is 16.6 Å². The van der Waals surface area contributed by atoms with Crippen LogP contribution in [0.1, 0.15) is 16.1 Å². The summed E-state index contributed by atoms with van der Waals surface area (Å²) < 4.78 is 0.701. The lowest BCUT2D eigenvalue weighted by molar-refractivity contribution is 0.102. The van der Waals surface area contributed by atoms with E-state index in [1.807, 2.05) is 0 Å². The Bertz CT molecular complexity index is 648. The Morgan fingerprint density at radius 3 is 2.89 bits per heavy atom. The Balaban J connectivity index is 2.28. The first kappa shape index (κ1) is 13.8. The molecule has 2 rings (SSSR count). The Kier molecular flexibility index (Phi) is 4.01. The molecular weight excluding hydrogens is 332 g/mol. The summed E-state index contributed by atoms with van der Waals surface area (Å²) >= 11 is 9.13. The number of halogens is 2. The number of nitrogens with one attached hydrogen (secondary N) is 1. The summed E-state index contributed by atoms with van der Waals surface area (Å²) in [6.07, 6.45) is 1.39. The van der Waals surface area contributed by atoms with Crippen LogP contribution in [0.3, 0.4) is 0 Å². The third-order valence-electron chi connectivity index (χ3n) is 2.40. The molecule has 2 heterocycles. The number of pyridine rings is 2. The van der Waals surface area contributed by atoms with Gasteiger partial charge in [-0.3, -0.25) is 4.79 Å². The number of hydrogen-bond donors (Lipinski definition) is 2. The van der Waals surface area contributed by atoms with Gasteiger partial charge in [0, 0.05) is 0 Å². The summed E-state index contributed by atoms with van der Waals surface area (Å²) in [5.41, 5.74) is 7.48. The van der Waals surface area contributed by atoms with Gasteiger partial charge in [0.2, 0.25) is 0 Å². The summed E-state index contributed by atoms with van der Waals surface area (Å²) in [5.74, 6) is -0.378. The van der Waals surface area contributed by atoms with Gasteiger partial charge < -0.3 is 11.1 Å². The third kappa shape index (κ3) is 3.21. The van der Waals surface area contributed by atoms with Crippen LogP contribution in [-0.4, -0.2) is 15.9 Å². The van der Waals surface area contributed by atoms with E-state index in [4.69, 9.17) is 17.3 Å². The molecule has 3 N–H and O–H groups in total. The van der Waals surface area contributed by atoms with Gasteiger partial charge in [-0.25, -0.2) is 9.97 Å². The number of nitrogens with two attached hydrogens (primary N) is 1. The maximum atomic E-state index is 12.1. The van der Waals surface area contributed by atoms with Gasteiger partial charge in [0.05, 0.1) is 28.8 Å². The fraction of sp³-hybridized carbons (Fsp3) is 0.0833. The Morgan fingerprint density at radius 1 is 1.47 bits per heavy atom. The zero-order chi connectivity index (χ0) is 14.0. The first-order valence-corrected chi connectivity index (χ1v) is 6.50. The van der Waals surface area contributed by atoms with E-state index in [2.05, 4.69) is 31.2 Å². The molecule has 7 heteroatoms. The minimum Gasteiger partial charge on any atom is -0.397 e. The SMILES string of the molecule is Cc1nc(Br)ccc1NC(=O)c1cc(N)cnc1Cl. The summed E-state index contributed by atoms with van der Waals surface area (Å²) in [5, 5.41) is 2.83. The van der Waals surface area contributed by atoms with Gasteiger partial charge in [0.25, 0.3) is 5.91 Å². The molecule has 0 atom stereocenters. The van der Waals surface area contributed by atoms with E-state index < -0.39 is 0 Å². The molecule has 2 aromatic rings. The molecule has 2 aromatic heterocycles. The van der Waals surface area contributed by atoms with Gasteiger partial charge in [-0.2, -0.15) is 0 Å². The van der Waals surface area contributed by atoms with E-state index in [1.54, 1.807) is 19.1 Å². The highest BCUT2D eigenvalue weighted by Gasteiger charge is 2.13. The number of amides is 1. The van der Waals surface area contributed by atoms with Crippen LogP contribution < -0.4 is 11.1 Å². The first-order chi connectivity index (χ1) is 8.97. The molecule has 19 heavy (non-hydrogen) atoms. The Morgan fingerprint density at radius 2 is 2.21 bits per heavy atom. The number of nitrogen functional groups attached to an aromatic ring is 1. The maximum Gasteiger partial charge on any atom is 0.258 e. The van der Waals surface area contributed by atoms with Crippen LogP contribution in [0.5, 0.6) is 0 Å². The monoisotopic (exact) mass is 340 g/mol. The number of aromatic nitrogens is 2. The van der Waals surface area contributed by atoms with Crippen molar-refractivity contribution in [1.29, 1.82) is 0 Å². The zero-order valence-electron chi connectivity index (χ0n) is 9.95. The second kappa shape index (κ2) is 5.54. The minimum absolute atomic E-state index is 0.106. The quantitative estimate of drug-likeness (QED) is 0.823. The van der Waals surface area contributed by atoms with Crippen LogP contribution in [0.2, 0.25) is 5.15 Å². The fourth-order valence-corrected chi connectivity index (χ4v) is 2.06. The highest BCUT2D eigenvalue weighted by Crippen LogP contribution is 2.20. The van der Waals surface area contributed by atoms with Crippen molar-refractivity contribution in [2.75, 3.05) is 11.1 Å². The van der Waals surface area contributed by atoms with Crippen LogP contribution in [0.4, 0.5) is 11.4 Å². The van der Waals surface area contributed by atoms with Gasteiger partial charge in [0.15, 0.2) is 0 Å². The normalized spacial score (nSPS) is 10.3. The first-order valence-electron chi connectivity index (χ1n) is 5.33. The van der Waals surface area contributed by atoms with Crippen molar-refractivity contribution in [3.63, 3.8) is 0 Å². The summed E-state index contributed by atoms with van der Waals surface area (Å²) in [6, 6.07) is 4.96. The highest BCUT2D eigenvalue weighted by atomic mass is 79.9. The number of hydrogen-bond acceptors (Lipinski definition) is 4. The molecule has 0 aliphatic heterocycles. The Hall–Kier alpha value is -1.66. The topological polar surface area (TPSA) is 80.9 Å². The number of aryl methyl sites for hydroxylation is 1. The van der Waals surface area contributed by atoms with Gasteiger partial charge in [-0.15, -0.1) is 0 Å². The molecule has 0 aliphatic carbocycles. The average molecular weight is 342 g/mol. The summed E-state index contributed by atoms with van der Waals surface area (Å²) in [4.78, 5) is 20.1. The van der Waals surface area contributed by atoms with Crippen molar-refractivity contribution in [2.45, 2.75) is 6.92 Å². The predicted molar refractivity (Wildman–Crippen MR) is 78.3 cm³/mol. The van der Waals surface area contributed by atoms with Crippen LogP contribution in [0, 0.1) is 6.92 Å². The van der Waals surface area contributed by atoms with E-state index in [0.29, 0.717) is 21.7 Å². The molecule has 5 nitrogen and oxygen atoms in total.